The van der Waals surface area contributed by atoms with Crippen LogP contribution in [0.1, 0.15) is 26.0 Å². The molecule has 0 aliphatic heterocycles. The summed E-state index contributed by atoms with van der Waals surface area (Å²) in [4.78, 5) is 0. The van der Waals surface area contributed by atoms with Crippen LogP contribution >= 0.6 is 0 Å². The minimum atomic E-state index is 0.162. The summed E-state index contributed by atoms with van der Waals surface area (Å²) >= 11 is 0. The van der Waals surface area contributed by atoms with Gasteiger partial charge in [-0.15, -0.1) is 0 Å². The normalized spacial score (nSPS) is 13.4. The lowest BCUT2D eigenvalue weighted by Crippen LogP contribution is -2.38. The summed E-state index contributed by atoms with van der Waals surface area (Å²) in [6.07, 6.45) is 2.87. The summed E-state index contributed by atoms with van der Waals surface area (Å²) in [6, 6.07) is 2.56. The number of aryl methyl sites for hydroxylation is 2. The monoisotopic (exact) mass is 211 g/mol. The lowest BCUT2D eigenvalue weighted by atomic mass is 10.2. The molecule has 0 aliphatic rings. The smallest absolute Gasteiger partial charge is 0.0593 e. The second-order valence-electron chi connectivity index (χ2n) is 4.21. The molecular formula is C11H21N3O. The van der Waals surface area contributed by atoms with Crippen molar-refractivity contribution in [3.05, 3.63) is 18.0 Å². The number of hydrogen-bond donors (Lipinski definition) is 2. The molecule has 86 valence electrons. The standard InChI is InChI=1S/C11H21N3O/c1-9(2)12-11(8-15)5-7-14-6-4-10(3)13-14/h4,6,9,11-12,15H,5,7-8H2,1-3H3. The van der Waals surface area contributed by atoms with E-state index in [2.05, 4.69) is 24.3 Å². The van der Waals surface area contributed by atoms with Crippen LogP contribution < -0.4 is 5.32 Å². The molecule has 0 bridgehead atoms. The van der Waals surface area contributed by atoms with Crippen molar-refractivity contribution >= 4 is 0 Å². The van der Waals surface area contributed by atoms with Gasteiger partial charge in [0.2, 0.25) is 0 Å². The van der Waals surface area contributed by atoms with E-state index in [4.69, 9.17) is 5.11 Å². The minimum absolute atomic E-state index is 0.162. The van der Waals surface area contributed by atoms with Crippen molar-refractivity contribution in [1.29, 1.82) is 0 Å². The van der Waals surface area contributed by atoms with E-state index in [1.807, 2.05) is 23.9 Å². The number of aliphatic hydroxyl groups excluding tert-OH is 1. The number of rotatable bonds is 6. The number of aromatic nitrogens is 2. The van der Waals surface area contributed by atoms with E-state index in [0.717, 1.165) is 18.7 Å². The van der Waals surface area contributed by atoms with Crippen LogP contribution in [0, 0.1) is 6.92 Å². The molecule has 0 amide bonds. The van der Waals surface area contributed by atoms with Crippen molar-refractivity contribution in [2.24, 2.45) is 0 Å². The summed E-state index contributed by atoms with van der Waals surface area (Å²) in [5.74, 6) is 0. The van der Waals surface area contributed by atoms with Crippen LogP contribution in [0.25, 0.3) is 0 Å². The summed E-state index contributed by atoms with van der Waals surface area (Å²) in [7, 11) is 0. The lowest BCUT2D eigenvalue weighted by molar-refractivity contribution is 0.222. The van der Waals surface area contributed by atoms with Gasteiger partial charge >= 0.3 is 0 Å². The highest BCUT2D eigenvalue weighted by atomic mass is 16.3. The van der Waals surface area contributed by atoms with E-state index < -0.39 is 0 Å². The Kier molecular flexibility index (Phi) is 4.78. The van der Waals surface area contributed by atoms with Gasteiger partial charge in [-0.3, -0.25) is 4.68 Å². The van der Waals surface area contributed by atoms with Gasteiger partial charge < -0.3 is 10.4 Å². The second kappa shape index (κ2) is 5.88. The van der Waals surface area contributed by atoms with Gasteiger partial charge in [0, 0.05) is 24.8 Å². The predicted octanol–water partition coefficient (Wildman–Crippen LogP) is 0.941. The quantitative estimate of drug-likeness (QED) is 0.736. The molecule has 15 heavy (non-hydrogen) atoms. The Labute approximate surface area is 91.3 Å². The minimum Gasteiger partial charge on any atom is -0.395 e. The SMILES string of the molecule is Cc1ccn(CCC(CO)NC(C)C)n1. The zero-order valence-corrected chi connectivity index (χ0v) is 9.77. The molecular weight excluding hydrogens is 190 g/mol. The van der Waals surface area contributed by atoms with Crippen molar-refractivity contribution in [3.8, 4) is 0 Å². The van der Waals surface area contributed by atoms with Crippen molar-refractivity contribution in [2.75, 3.05) is 6.61 Å². The maximum atomic E-state index is 9.17. The molecule has 1 aromatic rings. The van der Waals surface area contributed by atoms with Crippen LogP contribution in [0.3, 0.4) is 0 Å². The highest BCUT2D eigenvalue weighted by molar-refractivity contribution is 4.94. The molecule has 1 heterocycles. The Morgan fingerprint density at radius 2 is 2.27 bits per heavy atom. The van der Waals surface area contributed by atoms with Crippen LogP contribution in [0.5, 0.6) is 0 Å². The Bertz CT molecular complexity index is 283. The van der Waals surface area contributed by atoms with E-state index in [0.29, 0.717) is 6.04 Å². The molecule has 1 aromatic heterocycles. The molecule has 0 radical (unpaired) electrons. The van der Waals surface area contributed by atoms with Gasteiger partial charge in [0.25, 0.3) is 0 Å². The number of nitrogens with one attached hydrogen (secondary N) is 1. The number of aliphatic hydroxyl groups is 1. The fourth-order valence-electron chi connectivity index (χ4n) is 1.57. The lowest BCUT2D eigenvalue weighted by Gasteiger charge is -2.18. The molecule has 2 N–H and O–H groups in total. The number of hydrogen-bond acceptors (Lipinski definition) is 3. The molecule has 0 saturated carbocycles. The average Bonchev–Trinajstić information content (AvgIpc) is 2.58. The molecule has 1 unspecified atom stereocenters. The van der Waals surface area contributed by atoms with E-state index in [1.54, 1.807) is 0 Å². The fourth-order valence-corrected chi connectivity index (χ4v) is 1.57. The van der Waals surface area contributed by atoms with Crippen LogP contribution in [0.4, 0.5) is 0 Å². The van der Waals surface area contributed by atoms with E-state index in [9.17, 15) is 0 Å². The average molecular weight is 211 g/mol. The highest BCUT2D eigenvalue weighted by Crippen LogP contribution is 1.99. The molecule has 4 heteroatoms. The van der Waals surface area contributed by atoms with Crippen LogP contribution in [-0.4, -0.2) is 33.6 Å². The van der Waals surface area contributed by atoms with Gasteiger partial charge in [0.1, 0.15) is 0 Å². The van der Waals surface area contributed by atoms with E-state index in [1.165, 1.54) is 0 Å². The third-order valence-corrected chi connectivity index (χ3v) is 2.27. The summed E-state index contributed by atoms with van der Waals surface area (Å²) < 4.78 is 1.92. The summed E-state index contributed by atoms with van der Waals surface area (Å²) in [5.41, 5.74) is 1.03. The van der Waals surface area contributed by atoms with Crippen molar-refractivity contribution in [2.45, 2.75) is 45.8 Å². The summed E-state index contributed by atoms with van der Waals surface area (Å²) in [6.45, 7) is 7.17. The topological polar surface area (TPSA) is 50.1 Å². The highest BCUT2D eigenvalue weighted by Gasteiger charge is 2.08. The molecule has 0 fully saturated rings. The maximum absolute atomic E-state index is 9.17. The van der Waals surface area contributed by atoms with E-state index >= 15 is 0 Å². The van der Waals surface area contributed by atoms with Crippen LogP contribution in [-0.2, 0) is 6.54 Å². The first kappa shape index (κ1) is 12.2. The third-order valence-electron chi connectivity index (χ3n) is 2.27. The largest absolute Gasteiger partial charge is 0.395 e. The molecule has 0 saturated heterocycles. The van der Waals surface area contributed by atoms with Gasteiger partial charge in [-0.1, -0.05) is 13.8 Å². The zero-order valence-electron chi connectivity index (χ0n) is 9.77. The predicted molar refractivity (Wildman–Crippen MR) is 60.7 cm³/mol. The molecule has 0 aromatic carbocycles. The van der Waals surface area contributed by atoms with Crippen molar-refractivity contribution in [1.82, 2.24) is 15.1 Å². The first-order valence-electron chi connectivity index (χ1n) is 5.48. The third kappa shape index (κ3) is 4.44. The van der Waals surface area contributed by atoms with Gasteiger partial charge in [0.05, 0.1) is 12.3 Å². The zero-order chi connectivity index (χ0) is 11.3. The van der Waals surface area contributed by atoms with Gasteiger partial charge in [0.15, 0.2) is 0 Å². The van der Waals surface area contributed by atoms with Crippen LogP contribution in [0.2, 0.25) is 0 Å². The van der Waals surface area contributed by atoms with Gasteiger partial charge in [-0.25, -0.2) is 0 Å². The second-order valence-corrected chi connectivity index (χ2v) is 4.21. The van der Waals surface area contributed by atoms with Gasteiger partial charge in [-0.05, 0) is 19.4 Å². The molecule has 0 spiro atoms. The Morgan fingerprint density at radius 3 is 2.73 bits per heavy atom. The van der Waals surface area contributed by atoms with Crippen molar-refractivity contribution in [3.63, 3.8) is 0 Å². The Hall–Kier alpha value is -0.870. The van der Waals surface area contributed by atoms with Crippen molar-refractivity contribution < 1.29 is 5.11 Å². The molecule has 4 nitrogen and oxygen atoms in total. The van der Waals surface area contributed by atoms with Gasteiger partial charge in [-0.2, -0.15) is 5.10 Å². The molecule has 1 rings (SSSR count). The first-order chi connectivity index (χ1) is 7.11. The van der Waals surface area contributed by atoms with Crippen LogP contribution in [0.15, 0.2) is 12.3 Å². The number of nitrogens with zero attached hydrogens (tertiary/aromatic N) is 2. The molecule has 1 atom stereocenters. The molecule has 0 aliphatic carbocycles. The Morgan fingerprint density at radius 1 is 1.53 bits per heavy atom. The maximum Gasteiger partial charge on any atom is 0.0593 e. The van der Waals surface area contributed by atoms with E-state index in [-0.39, 0.29) is 12.6 Å². The Balaban J connectivity index is 2.34. The first-order valence-corrected chi connectivity index (χ1v) is 5.48. The summed E-state index contributed by atoms with van der Waals surface area (Å²) in [5, 5.41) is 16.8. The fraction of sp³-hybridized carbons (Fsp3) is 0.727.